The van der Waals surface area contributed by atoms with Gasteiger partial charge in [-0.3, -0.25) is 4.68 Å². The van der Waals surface area contributed by atoms with Gasteiger partial charge >= 0.3 is 0 Å². The van der Waals surface area contributed by atoms with Gasteiger partial charge in [-0.2, -0.15) is 5.10 Å². The minimum absolute atomic E-state index is 0.704. The van der Waals surface area contributed by atoms with E-state index in [1.54, 1.807) is 0 Å². The van der Waals surface area contributed by atoms with E-state index in [1.807, 2.05) is 30.4 Å². The summed E-state index contributed by atoms with van der Waals surface area (Å²) in [4.78, 5) is 0. The highest BCUT2D eigenvalue weighted by atomic mass is 32.2. The van der Waals surface area contributed by atoms with E-state index in [2.05, 4.69) is 16.5 Å². The molecule has 1 aromatic rings. The minimum atomic E-state index is 0.704. The van der Waals surface area contributed by atoms with Crippen LogP contribution < -0.4 is 5.32 Å². The Hall–Kier alpha value is -0.480. The Morgan fingerprint density at radius 1 is 1.71 bits per heavy atom. The molecule has 78 valence electrons. The number of aromatic nitrogens is 2. The smallest absolute Gasteiger partial charge is 0.0939 e. The van der Waals surface area contributed by atoms with Crippen LogP contribution in [0.4, 0.5) is 0 Å². The number of nitrogens with one attached hydrogen (secondary N) is 1. The van der Waals surface area contributed by atoms with E-state index < -0.39 is 0 Å². The van der Waals surface area contributed by atoms with Crippen LogP contribution in [0.1, 0.15) is 18.5 Å². The van der Waals surface area contributed by atoms with Crippen LogP contribution in [0.5, 0.6) is 0 Å². The van der Waals surface area contributed by atoms with Crippen molar-refractivity contribution in [3.8, 4) is 0 Å². The zero-order valence-corrected chi connectivity index (χ0v) is 9.60. The average molecular weight is 211 g/mol. The predicted molar refractivity (Wildman–Crippen MR) is 59.7 cm³/mol. The van der Waals surface area contributed by atoms with Gasteiger partial charge in [0.05, 0.1) is 10.7 Å². The van der Waals surface area contributed by atoms with Gasteiger partial charge in [-0.1, -0.05) is 0 Å². The third-order valence-electron chi connectivity index (χ3n) is 2.55. The second-order valence-corrected chi connectivity index (χ2v) is 4.89. The van der Waals surface area contributed by atoms with Gasteiger partial charge in [-0.25, -0.2) is 0 Å². The molecule has 0 aliphatic carbocycles. The molecule has 1 atom stereocenters. The maximum atomic E-state index is 4.33. The lowest BCUT2D eigenvalue weighted by Gasteiger charge is -2.08. The summed E-state index contributed by atoms with van der Waals surface area (Å²) in [6.45, 7) is 3.23. The summed E-state index contributed by atoms with van der Waals surface area (Å²) in [7, 11) is 2.01. The lowest BCUT2D eigenvalue weighted by Crippen LogP contribution is -2.23. The van der Waals surface area contributed by atoms with Crippen LogP contribution in [-0.4, -0.2) is 28.1 Å². The van der Waals surface area contributed by atoms with Crippen LogP contribution in [0, 0.1) is 6.92 Å². The Labute approximate surface area is 89.3 Å². The molecule has 14 heavy (non-hydrogen) atoms. The quantitative estimate of drug-likeness (QED) is 0.770. The first kappa shape index (κ1) is 10.1. The van der Waals surface area contributed by atoms with E-state index in [4.69, 9.17) is 0 Å². The molecule has 0 unspecified atom stereocenters. The Balaban J connectivity index is 1.87. The second kappa shape index (κ2) is 4.36. The second-order valence-electron chi connectivity index (χ2n) is 3.85. The lowest BCUT2D eigenvalue weighted by molar-refractivity contribution is 0.666. The number of thioether (sulfide) groups is 1. The summed E-state index contributed by atoms with van der Waals surface area (Å²) in [5.74, 6) is 1.17. The molecule has 0 bridgehead atoms. The van der Waals surface area contributed by atoms with Crippen molar-refractivity contribution in [1.82, 2.24) is 15.1 Å². The number of rotatable bonds is 3. The number of hydrogen-bond donors (Lipinski definition) is 1. The van der Waals surface area contributed by atoms with Crippen molar-refractivity contribution in [3.63, 3.8) is 0 Å². The normalized spacial score (nSPS) is 21.7. The van der Waals surface area contributed by atoms with Crippen molar-refractivity contribution < 1.29 is 0 Å². The van der Waals surface area contributed by atoms with Gasteiger partial charge in [0.1, 0.15) is 0 Å². The van der Waals surface area contributed by atoms with Gasteiger partial charge < -0.3 is 5.32 Å². The molecular weight excluding hydrogens is 194 g/mol. The summed E-state index contributed by atoms with van der Waals surface area (Å²) in [6, 6.07) is 2.86. The van der Waals surface area contributed by atoms with E-state index in [0.29, 0.717) is 6.04 Å². The highest BCUT2D eigenvalue weighted by Crippen LogP contribution is 2.21. The highest BCUT2D eigenvalue weighted by Gasteiger charge is 2.14. The lowest BCUT2D eigenvalue weighted by atomic mass is 10.3. The average Bonchev–Trinajstić information content (AvgIpc) is 2.72. The van der Waals surface area contributed by atoms with E-state index in [1.165, 1.54) is 30.2 Å². The summed E-state index contributed by atoms with van der Waals surface area (Å²) >= 11 is 1.90. The molecule has 1 aliphatic rings. The molecule has 3 nitrogen and oxygen atoms in total. The molecule has 2 rings (SSSR count). The van der Waals surface area contributed by atoms with Crippen LogP contribution in [0.2, 0.25) is 0 Å². The molecule has 1 aliphatic heterocycles. The monoisotopic (exact) mass is 211 g/mol. The Morgan fingerprint density at radius 3 is 3.14 bits per heavy atom. The van der Waals surface area contributed by atoms with Crippen LogP contribution in [0.25, 0.3) is 0 Å². The molecule has 1 N–H and O–H groups in total. The summed E-state index contributed by atoms with van der Waals surface area (Å²) in [5, 5.41) is 9.11. The number of nitrogens with zero attached hydrogens (tertiary/aromatic N) is 2. The minimum Gasteiger partial charge on any atom is -0.313 e. The van der Waals surface area contributed by atoms with Crippen molar-refractivity contribution in [2.75, 3.05) is 12.3 Å². The van der Waals surface area contributed by atoms with Crippen molar-refractivity contribution in [2.45, 2.75) is 30.8 Å². The molecule has 1 saturated heterocycles. The summed E-state index contributed by atoms with van der Waals surface area (Å²) < 4.78 is 1.97. The van der Waals surface area contributed by atoms with Crippen LogP contribution in [0.15, 0.2) is 11.1 Å². The van der Waals surface area contributed by atoms with Gasteiger partial charge in [-0.05, 0) is 32.4 Å². The van der Waals surface area contributed by atoms with Crippen molar-refractivity contribution in [3.05, 3.63) is 11.8 Å². The molecule has 0 saturated carbocycles. The molecule has 0 amide bonds. The van der Waals surface area contributed by atoms with Gasteiger partial charge in [0.15, 0.2) is 0 Å². The van der Waals surface area contributed by atoms with Crippen molar-refractivity contribution in [1.29, 1.82) is 0 Å². The van der Waals surface area contributed by atoms with Gasteiger partial charge in [0.25, 0.3) is 0 Å². The zero-order chi connectivity index (χ0) is 9.97. The number of aryl methyl sites for hydroxylation is 2. The summed E-state index contributed by atoms with van der Waals surface area (Å²) in [5.41, 5.74) is 1.11. The fourth-order valence-electron chi connectivity index (χ4n) is 1.81. The topological polar surface area (TPSA) is 29.9 Å². The third kappa shape index (κ3) is 2.30. The molecule has 0 radical (unpaired) electrons. The third-order valence-corrected chi connectivity index (χ3v) is 3.80. The highest BCUT2D eigenvalue weighted by molar-refractivity contribution is 7.99. The summed E-state index contributed by atoms with van der Waals surface area (Å²) in [6.07, 6.45) is 2.65. The Bertz CT molecular complexity index is 302. The van der Waals surface area contributed by atoms with E-state index in [9.17, 15) is 0 Å². The molecule has 1 aromatic heterocycles. The molecule has 1 fully saturated rings. The standard InChI is InChI=1S/C10H17N3S/c1-8-6-10(13(2)12-8)14-7-9-4-3-5-11-9/h6,9,11H,3-5,7H2,1-2H3/t9-/m0/s1. The molecular formula is C10H17N3S. The van der Waals surface area contributed by atoms with Crippen LogP contribution in [-0.2, 0) is 7.05 Å². The first-order chi connectivity index (χ1) is 6.75. The van der Waals surface area contributed by atoms with Crippen molar-refractivity contribution in [2.24, 2.45) is 7.05 Å². The van der Waals surface area contributed by atoms with Crippen molar-refractivity contribution >= 4 is 11.8 Å². The molecule has 4 heteroatoms. The fourth-order valence-corrected chi connectivity index (χ4v) is 2.94. The fraction of sp³-hybridized carbons (Fsp3) is 0.700. The number of hydrogen-bond acceptors (Lipinski definition) is 3. The van der Waals surface area contributed by atoms with E-state index in [0.717, 1.165) is 5.69 Å². The Kier molecular flexibility index (Phi) is 3.13. The molecule has 2 heterocycles. The first-order valence-corrected chi connectivity index (χ1v) is 6.11. The van der Waals surface area contributed by atoms with E-state index in [-0.39, 0.29) is 0 Å². The SMILES string of the molecule is Cc1cc(SC[C@@H]2CCCN2)n(C)n1. The largest absolute Gasteiger partial charge is 0.313 e. The maximum absolute atomic E-state index is 4.33. The van der Waals surface area contributed by atoms with Gasteiger partial charge in [0, 0.05) is 18.8 Å². The first-order valence-electron chi connectivity index (χ1n) is 5.12. The maximum Gasteiger partial charge on any atom is 0.0939 e. The van der Waals surface area contributed by atoms with Gasteiger partial charge in [0.2, 0.25) is 0 Å². The van der Waals surface area contributed by atoms with Crippen LogP contribution >= 0.6 is 11.8 Å². The molecule has 0 spiro atoms. The Morgan fingerprint density at radius 2 is 2.57 bits per heavy atom. The van der Waals surface area contributed by atoms with Crippen LogP contribution in [0.3, 0.4) is 0 Å². The zero-order valence-electron chi connectivity index (χ0n) is 8.79. The predicted octanol–water partition coefficient (Wildman–Crippen LogP) is 1.57. The van der Waals surface area contributed by atoms with E-state index >= 15 is 0 Å². The molecule has 0 aromatic carbocycles. The van der Waals surface area contributed by atoms with Gasteiger partial charge in [-0.15, -0.1) is 11.8 Å².